The van der Waals surface area contributed by atoms with E-state index in [1.54, 1.807) is 0 Å². The molecule has 0 fully saturated rings. The molecule has 6 nitrogen and oxygen atoms in total. The first-order chi connectivity index (χ1) is 19.7. The van der Waals surface area contributed by atoms with Crippen LogP contribution in [-0.4, -0.2) is 37.0 Å². The Morgan fingerprint density at radius 2 is 0.950 bits per heavy atom. The first kappa shape index (κ1) is 29.1. The molecule has 3 atom stereocenters. The Balaban J connectivity index is 1.54. The molecule has 0 aliphatic heterocycles. The number of carbonyl (C=O) groups is 2. The molecule has 0 saturated heterocycles. The number of ketones is 1. The highest BCUT2D eigenvalue weighted by Crippen LogP contribution is 2.19. The molecule has 0 heterocycles. The van der Waals surface area contributed by atoms with Crippen molar-refractivity contribution in [1.82, 2.24) is 0 Å². The van der Waals surface area contributed by atoms with Crippen molar-refractivity contribution in [3.8, 4) is 0 Å². The molecule has 0 amide bonds. The smallest absolute Gasteiger partial charge is 0.189 e. The zero-order chi connectivity index (χ0) is 27.8. The molecule has 0 bridgehead atoms. The van der Waals surface area contributed by atoms with Crippen molar-refractivity contribution in [1.29, 1.82) is 0 Å². The summed E-state index contributed by atoms with van der Waals surface area (Å²) in [5.41, 5.74) is 3.64. The van der Waals surface area contributed by atoms with Crippen molar-refractivity contribution in [2.45, 2.75) is 44.7 Å². The summed E-state index contributed by atoms with van der Waals surface area (Å²) in [5.74, 6) is -0.333. The van der Waals surface area contributed by atoms with Crippen LogP contribution in [0.5, 0.6) is 0 Å². The molecule has 0 aliphatic carbocycles. The second-order valence-corrected chi connectivity index (χ2v) is 9.32. The van der Waals surface area contributed by atoms with Gasteiger partial charge in [0.2, 0.25) is 0 Å². The first-order valence-electron chi connectivity index (χ1n) is 13.3. The van der Waals surface area contributed by atoms with Crippen molar-refractivity contribution in [3.05, 3.63) is 144 Å². The van der Waals surface area contributed by atoms with E-state index in [1.165, 1.54) is 0 Å². The summed E-state index contributed by atoms with van der Waals surface area (Å²) in [7, 11) is 0. The Morgan fingerprint density at radius 1 is 0.550 bits per heavy atom. The van der Waals surface area contributed by atoms with Crippen LogP contribution in [0.2, 0.25) is 0 Å². The standard InChI is InChI=1S/C34H34O6/c35-21-32(38-23-28-15-7-2-8-16-28)34(40-25-30-19-11-4-12-20-30)33(39-24-29-17-9-3-10-18-29)31(36)26-37-22-27-13-5-1-6-14-27/h1-21,32-34H,22-26H2/t32-,33+,34+/m0/s1. The van der Waals surface area contributed by atoms with E-state index in [0.717, 1.165) is 22.3 Å². The zero-order valence-electron chi connectivity index (χ0n) is 22.3. The molecule has 0 radical (unpaired) electrons. The van der Waals surface area contributed by atoms with Crippen LogP contribution in [0, 0.1) is 0 Å². The van der Waals surface area contributed by atoms with Gasteiger partial charge < -0.3 is 23.7 Å². The van der Waals surface area contributed by atoms with E-state index >= 15 is 0 Å². The third-order valence-electron chi connectivity index (χ3n) is 6.27. The minimum absolute atomic E-state index is 0.158. The van der Waals surface area contributed by atoms with Crippen LogP contribution in [0.25, 0.3) is 0 Å². The van der Waals surface area contributed by atoms with Gasteiger partial charge in [0, 0.05) is 0 Å². The van der Waals surface area contributed by atoms with Gasteiger partial charge in [0.05, 0.1) is 26.4 Å². The predicted molar refractivity (Wildman–Crippen MR) is 152 cm³/mol. The lowest BCUT2D eigenvalue weighted by molar-refractivity contribution is -0.171. The lowest BCUT2D eigenvalue weighted by Crippen LogP contribution is -2.48. The van der Waals surface area contributed by atoms with Crippen molar-refractivity contribution < 1.29 is 28.5 Å². The Morgan fingerprint density at radius 3 is 1.40 bits per heavy atom. The van der Waals surface area contributed by atoms with Gasteiger partial charge in [-0.05, 0) is 22.3 Å². The van der Waals surface area contributed by atoms with Crippen LogP contribution in [-0.2, 0) is 55.0 Å². The SMILES string of the molecule is O=C[C@H](OCc1ccccc1)[C@@H](OCc1ccccc1)[C@H](OCc1ccccc1)C(=O)COCc1ccccc1. The highest BCUT2D eigenvalue weighted by Gasteiger charge is 2.37. The first-order valence-corrected chi connectivity index (χ1v) is 13.3. The maximum Gasteiger partial charge on any atom is 0.189 e. The van der Waals surface area contributed by atoms with Crippen molar-refractivity contribution in [2.24, 2.45) is 0 Å². The Labute approximate surface area is 235 Å². The van der Waals surface area contributed by atoms with Gasteiger partial charge in [-0.15, -0.1) is 0 Å². The fourth-order valence-corrected chi connectivity index (χ4v) is 4.16. The third kappa shape index (κ3) is 9.36. The van der Waals surface area contributed by atoms with Gasteiger partial charge in [-0.1, -0.05) is 121 Å². The Kier molecular flexibility index (Phi) is 11.8. The minimum atomic E-state index is -1.11. The van der Waals surface area contributed by atoms with Gasteiger partial charge in [0.15, 0.2) is 12.1 Å². The maximum atomic E-state index is 13.6. The average Bonchev–Trinajstić information content (AvgIpc) is 3.01. The van der Waals surface area contributed by atoms with E-state index in [4.69, 9.17) is 18.9 Å². The predicted octanol–water partition coefficient (Wildman–Crippen LogP) is 5.73. The van der Waals surface area contributed by atoms with E-state index in [9.17, 15) is 9.59 Å². The van der Waals surface area contributed by atoms with Crippen LogP contribution in [0.4, 0.5) is 0 Å². The molecule has 40 heavy (non-hydrogen) atoms. The molecular formula is C34H34O6. The van der Waals surface area contributed by atoms with Crippen LogP contribution in [0.15, 0.2) is 121 Å². The lowest BCUT2D eigenvalue weighted by atomic mass is 10.0. The number of carbonyl (C=O) groups excluding carboxylic acids is 2. The molecule has 4 aromatic rings. The maximum absolute atomic E-state index is 13.6. The van der Waals surface area contributed by atoms with Gasteiger partial charge in [0.1, 0.15) is 24.9 Å². The Bertz CT molecular complexity index is 1270. The molecular weight excluding hydrogens is 504 g/mol. The summed E-state index contributed by atoms with van der Waals surface area (Å²) in [4.78, 5) is 26.0. The number of ether oxygens (including phenoxy) is 4. The average molecular weight is 539 g/mol. The largest absolute Gasteiger partial charge is 0.369 e. The summed E-state index contributed by atoms with van der Waals surface area (Å²) in [5, 5.41) is 0. The van der Waals surface area contributed by atoms with E-state index in [0.29, 0.717) is 6.29 Å². The van der Waals surface area contributed by atoms with Gasteiger partial charge in [-0.3, -0.25) is 4.79 Å². The molecule has 0 N–H and O–H groups in total. The number of benzene rings is 4. The van der Waals surface area contributed by atoms with Crippen LogP contribution in [0.3, 0.4) is 0 Å². The number of Topliss-reactive ketones (excluding diaryl/α,β-unsaturated/α-hetero) is 1. The molecule has 4 aromatic carbocycles. The summed E-state index contributed by atoms with van der Waals surface area (Å²) in [6, 6.07) is 38.2. The molecule has 6 heteroatoms. The molecule has 0 spiro atoms. The minimum Gasteiger partial charge on any atom is -0.369 e. The molecule has 0 unspecified atom stereocenters. The van der Waals surface area contributed by atoms with Crippen molar-refractivity contribution in [3.63, 3.8) is 0 Å². The van der Waals surface area contributed by atoms with Gasteiger partial charge in [-0.2, -0.15) is 0 Å². The second kappa shape index (κ2) is 16.2. The van der Waals surface area contributed by atoms with Crippen molar-refractivity contribution in [2.75, 3.05) is 6.61 Å². The summed E-state index contributed by atoms with van der Waals surface area (Å²) in [6.07, 6.45) is -2.48. The summed E-state index contributed by atoms with van der Waals surface area (Å²) >= 11 is 0. The molecule has 4 rings (SSSR count). The molecule has 0 aliphatic rings. The van der Waals surface area contributed by atoms with E-state index in [-0.39, 0.29) is 38.8 Å². The number of aldehydes is 1. The monoisotopic (exact) mass is 538 g/mol. The number of hydrogen-bond acceptors (Lipinski definition) is 6. The number of rotatable bonds is 17. The lowest BCUT2D eigenvalue weighted by Gasteiger charge is -2.30. The van der Waals surface area contributed by atoms with E-state index < -0.39 is 18.3 Å². The van der Waals surface area contributed by atoms with Crippen LogP contribution >= 0.6 is 0 Å². The summed E-state index contributed by atoms with van der Waals surface area (Å²) < 4.78 is 24.2. The van der Waals surface area contributed by atoms with Gasteiger partial charge in [0.25, 0.3) is 0 Å². The fraction of sp³-hybridized carbons (Fsp3) is 0.235. The van der Waals surface area contributed by atoms with E-state index in [2.05, 4.69) is 0 Å². The third-order valence-corrected chi connectivity index (χ3v) is 6.27. The number of hydrogen-bond donors (Lipinski definition) is 0. The van der Waals surface area contributed by atoms with E-state index in [1.807, 2.05) is 121 Å². The fourth-order valence-electron chi connectivity index (χ4n) is 4.16. The molecule has 0 aromatic heterocycles. The topological polar surface area (TPSA) is 71.1 Å². The van der Waals surface area contributed by atoms with Gasteiger partial charge in [-0.25, -0.2) is 0 Å². The Hall–Kier alpha value is -3.94. The van der Waals surface area contributed by atoms with Crippen LogP contribution in [0.1, 0.15) is 22.3 Å². The normalized spacial score (nSPS) is 13.3. The second-order valence-electron chi connectivity index (χ2n) is 9.32. The molecule has 206 valence electrons. The highest BCUT2D eigenvalue weighted by molar-refractivity contribution is 5.85. The summed E-state index contributed by atoms with van der Waals surface area (Å²) in [6.45, 7) is 0.581. The van der Waals surface area contributed by atoms with Crippen LogP contribution < -0.4 is 0 Å². The van der Waals surface area contributed by atoms with Gasteiger partial charge >= 0.3 is 0 Å². The van der Waals surface area contributed by atoms with Crippen molar-refractivity contribution >= 4 is 12.1 Å². The quantitative estimate of drug-likeness (QED) is 0.160. The highest BCUT2D eigenvalue weighted by atomic mass is 16.6. The zero-order valence-corrected chi connectivity index (χ0v) is 22.3. The molecule has 0 saturated carbocycles.